The molecule has 4 heteroatoms. The van der Waals surface area contributed by atoms with Crippen molar-refractivity contribution in [1.29, 1.82) is 0 Å². The zero-order chi connectivity index (χ0) is 12.3. The fraction of sp³-hybridized carbons (Fsp3) is 0.417. The number of halogens is 1. The Balaban J connectivity index is 3.12. The maximum absolute atomic E-state index is 11.8. The van der Waals surface area contributed by atoms with Gasteiger partial charge < -0.3 is 10.5 Å². The third kappa shape index (κ3) is 2.98. The van der Waals surface area contributed by atoms with Gasteiger partial charge in [0.2, 0.25) is 0 Å². The second-order valence-electron chi connectivity index (χ2n) is 3.83. The highest BCUT2D eigenvalue weighted by Crippen LogP contribution is 2.25. The van der Waals surface area contributed by atoms with Gasteiger partial charge in [0.1, 0.15) is 0 Å². The Morgan fingerprint density at radius 3 is 2.62 bits per heavy atom. The standard InChI is InChI=1S/C12H16BrNO2/c1-4-8-5-9(13)6-10(11(8)14)12(15)16-7(2)3/h5-7H,4,14H2,1-3H3. The third-order valence-electron chi connectivity index (χ3n) is 2.17. The molecule has 0 spiro atoms. The molecule has 0 aliphatic heterocycles. The Morgan fingerprint density at radius 2 is 2.12 bits per heavy atom. The lowest BCUT2D eigenvalue weighted by Crippen LogP contribution is -2.14. The van der Waals surface area contributed by atoms with Crippen molar-refractivity contribution in [3.8, 4) is 0 Å². The van der Waals surface area contributed by atoms with Crippen molar-refractivity contribution in [2.75, 3.05) is 5.73 Å². The minimum atomic E-state index is -0.372. The summed E-state index contributed by atoms with van der Waals surface area (Å²) in [5.74, 6) is -0.372. The quantitative estimate of drug-likeness (QED) is 0.686. The number of hydrogen-bond donors (Lipinski definition) is 1. The average molecular weight is 286 g/mol. The second-order valence-corrected chi connectivity index (χ2v) is 4.75. The number of nitrogen functional groups attached to an aromatic ring is 1. The molecule has 0 heterocycles. The number of ether oxygens (including phenoxy) is 1. The number of rotatable bonds is 3. The third-order valence-corrected chi connectivity index (χ3v) is 2.63. The van der Waals surface area contributed by atoms with E-state index in [1.807, 2.05) is 26.8 Å². The van der Waals surface area contributed by atoms with Gasteiger partial charge in [0.15, 0.2) is 0 Å². The number of aryl methyl sites for hydroxylation is 1. The molecule has 0 fully saturated rings. The lowest BCUT2D eigenvalue weighted by Gasteiger charge is -2.12. The van der Waals surface area contributed by atoms with E-state index in [4.69, 9.17) is 10.5 Å². The first-order valence-electron chi connectivity index (χ1n) is 5.24. The lowest BCUT2D eigenvalue weighted by molar-refractivity contribution is 0.0379. The smallest absolute Gasteiger partial charge is 0.340 e. The summed E-state index contributed by atoms with van der Waals surface area (Å²) in [7, 11) is 0. The SMILES string of the molecule is CCc1cc(Br)cc(C(=O)OC(C)C)c1N. The molecular weight excluding hydrogens is 270 g/mol. The first-order valence-corrected chi connectivity index (χ1v) is 6.03. The average Bonchev–Trinajstić information content (AvgIpc) is 2.19. The maximum atomic E-state index is 11.8. The maximum Gasteiger partial charge on any atom is 0.340 e. The van der Waals surface area contributed by atoms with Crippen LogP contribution in [0.3, 0.4) is 0 Å². The highest BCUT2D eigenvalue weighted by molar-refractivity contribution is 9.10. The fourth-order valence-corrected chi connectivity index (χ4v) is 1.92. The summed E-state index contributed by atoms with van der Waals surface area (Å²) < 4.78 is 5.97. The highest BCUT2D eigenvalue weighted by Gasteiger charge is 2.15. The predicted molar refractivity (Wildman–Crippen MR) is 68.5 cm³/mol. The van der Waals surface area contributed by atoms with Gasteiger partial charge in [0, 0.05) is 10.2 Å². The van der Waals surface area contributed by atoms with Crippen LogP contribution in [0, 0.1) is 0 Å². The molecular formula is C12H16BrNO2. The van der Waals surface area contributed by atoms with Crippen LogP contribution in [-0.4, -0.2) is 12.1 Å². The zero-order valence-corrected chi connectivity index (χ0v) is 11.3. The number of anilines is 1. The molecule has 2 N–H and O–H groups in total. The molecule has 1 aromatic carbocycles. The van der Waals surface area contributed by atoms with Crippen molar-refractivity contribution < 1.29 is 9.53 Å². The van der Waals surface area contributed by atoms with E-state index in [9.17, 15) is 4.79 Å². The molecule has 0 radical (unpaired) electrons. The van der Waals surface area contributed by atoms with Crippen LogP contribution in [0.2, 0.25) is 0 Å². The molecule has 0 aromatic heterocycles. The molecule has 3 nitrogen and oxygen atoms in total. The largest absolute Gasteiger partial charge is 0.459 e. The summed E-state index contributed by atoms with van der Waals surface area (Å²) in [4.78, 5) is 11.8. The number of carbonyl (C=O) groups is 1. The number of hydrogen-bond acceptors (Lipinski definition) is 3. The number of esters is 1. The van der Waals surface area contributed by atoms with Gasteiger partial charge in [-0.2, -0.15) is 0 Å². The van der Waals surface area contributed by atoms with E-state index >= 15 is 0 Å². The van der Waals surface area contributed by atoms with Crippen molar-refractivity contribution in [2.45, 2.75) is 33.3 Å². The van der Waals surface area contributed by atoms with Gasteiger partial charge in [0.05, 0.1) is 11.7 Å². The summed E-state index contributed by atoms with van der Waals surface area (Å²) in [5.41, 5.74) is 7.81. The Kier molecular flexibility index (Phi) is 4.35. The van der Waals surface area contributed by atoms with E-state index in [1.54, 1.807) is 6.07 Å². The van der Waals surface area contributed by atoms with Crippen LogP contribution < -0.4 is 5.73 Å². The van der Waals surface area contributed by atoms with Gasteiger partial charge in [0.25, 0.3) is 0 Å². The minimum Gasteiger partial charge on any atom is -0.459 e. The fourth-order valence-electron chi connectivity index (χ4n) is 1.41. The zero-order valence-electron chi connectivity index (χ0n) is 9.71. The van der Waals surface area contributed by atoms with E-state index in [0.717, 1.165) is 16.5 Å². The summed E-state index contributed by atoms with van der Waals surface area (Å²) in [6.45, 7) is 5.62. The van der Waals surface area contributed by atoms with E-state index in [0.29, 0.717) is 11.3 Å². The van der Waals surface area contributed by atoms with Gasteiger partial charge in [-0.15, -0.1) is 0 Å². The lowest BCUT2D eigenvalue weighted by atomic mass is 10.1. The Hall–Kier alpha value is -1.03. The van der Waals surface area contributed by atoms with Crippen molar-refractivity contribution in [3.05, 3.63) is 27.7 Å². The van der Waals surface area contributed by atoms with Crippen molar-refractivity contribution in [3.63, 3.8) is 0 Å². The summed E-state index contributed by atoms with van der Waals surface area (Å²) in [5, 5.41) is 0. The molecule has 16 heavy (non-hydrogen) atoms. The summed E-state index contributed by atoms with van der Waals surface area (Å²) >= 11 is 3.36. The minimum absolute atomic E-state index is 0.143. The number of nitrogens with two attached hydrogens (primary N) is 1. The van der Waals surface area contributed by atoms with Crippen LogP contribution in [0.4, 0.5) is 5.69 Å². The molecule has 0 unspecified atom stereocenters. The van der Waals surface area contributed by atoms with Crippen LogP contribution >= 0.6 is 15.9 Å². The Bertz CT molecular complexity index is 402. The van der Waals surface area contributed by atoms with Gasteiger partial charge >= 0.3 is 5.97 Å². The molecule has 0 atom stereocenters. The van der Waals surface area contributed by atoms with Crippen LogP contribution in [0.15, 0.2) is 16.6 Å². The Morgan fingerprint density at radius 1 is 1.50 bits per heavy atom. The molecule has 1 aromatic rings. The summed E-state index contributed by atoms with van der Waals surface area (Å²) in [6.07, 6.45) is 0.642. The molecule has 0 saturated carbocycles. The van der Waals surface area contributed by atoms with Gasteiger partial charge in [-0.1, -0.05) is 22.9 Å². The van der Waals surface area contributed by atoms with Crippen molar-refractivity contribution in [1.82, 2.24) is 0 Å². The number of benzene rings is 1. The van der Waals surface area contributed by atoms with E-state index in [1.165, 1.54) is 0 Å². The monoisotopic (exact) mass is 285 g/mol. The van der Waals surface area contributed by atoms with E-state index in [2.05, 4.69) is 15.9 Å². The molecule has 1 rings (SSSR count). The van der Waals surface area contributed by atoms with E-state index in [-0.39, 0.29) is 12.1 Å². The first kappa shape index (κ1) is 13.0. The van der Waals surface area contributed by atoms with Gasteiger partial charge in [-0.05, 0) is 38.0 Å². The van der Waals surface area contributed by atoms with Crippen LogP contribution in [0.25, 0.3) is 0 Å². The molecule has 0 saturated heterocycles. The molecule has 0 aliphatic rings. The molecule has 0 amide bonds. The van der Waals surface area contributed by atoms with Crippen LogP contribution in [0.1, 0.15) is 36.7 Å². The van der Waals surface area contributed by atoms with Crippen LogP contribution in [0.5, 0.6) is 0 Å². The molecule has 0 bridgehead atoms. The molecule has 88 valence electrons. The van der Waals surface area contributed by atoms with Gasteiger partial charge in [-0.3, -0.25) is 0 Å². The number of carbonyl (C=O) groups excluding carboxylic acids is 1. The normalized spacial score (nSPS) is 10.6. The predicted octanol–water partition coefficient (Wildman–Crippen LogP) is 3.16. The topological polar surface area (TPSA) is 52.3 Å². The van der Waals surface area contributed by atoms with Crippen molar-refractivity contribution in [2.24, 2.45) is 0 Å². The van der Waals surface area contributed by atoms with E-state index < -0.39 is 0 Å². The van der Waals surface area contributed by atoms with Crippen molar-refractivity contribution >= 4 is 27.6 Å². The van der Waals surface area contributed by atoms with Gasteiger partial charge in [-0.25, -0.2) is 4.79 Å². The van der Waals surface area contributed by atoms with Crippen LogP contribution in [-0.2, 0) is 11.2 Å². The molecule has 0 aliphatic carbocycles. The first-order chi connectivity index (χ1) is 7.45. The summed E-state index contributed by atoms with van der Waals surface area (Å²) in [6, 6.07) is 3.61. The Labute approximate surface area is 104 Å². The second kappa shape index (κ2) is 5.34. The highest BCUT2D eigenvalue weighted by atomic mass is 79.9.